The van der Waals surface area contributed by atoms with Crippen LogP contribution in [0.2, 0.25) is 0 Å². The molecule has 0 aromatic carbocycles. The van der Waals surface area contributed by atoms with Gasteiger partial charge in [0.25, 0.3) is 0 Å². The van der Waals surface area contributed by atoms with Crippen LogP contribution in [0, 0.1) is 23.2 Å². The highest BCUT2D eigenvalue weighted by molar-refractivity contribution is 5.85. The van der Waals surface area contributed by atoms with Crippen LogP contribution in [0.3, 0.4) is 0 Å². The lowest BCUT2D eigenvalue weighted by molar-refractivity contribution is -0.150. The topological polar surface area (TPSA) is 90.6 Å². The average molecular weight is 280 g/mol. The SMILES string of the molecule is COCCN(CCC#N)C(=O)[C@@H]1CC=CC[C@@H]1C(=O)O. The first-order valence-corrected chi connectivity index (χ1v) is 6.64. The zero-order valence-corrected chi connectivity index (χ0v) is 11.6. The Balaban J connectivity index is 2.77. The Labute approximate surface area is 118 Å². The highest BCUT2D eigenvalue weighted by atomic mass is 16.5. The third-order valence-corrected chi connectivity index (χ3v) is 3.44. The summed E-state index contributed by atoms with van der Waals surface area (Å²) in [5.74, 6) is -2.37. The van der Waals surface area contributed by atoms with Crippen LogP contribution in [-0.4, -0.2) is 48.7 Å². The van der Waals surface area contributed by atoms with Gasteiger partial charge in [0.1, 0.15) is 0 Å². The third kappa shape index (κ3) is 4.35. The fraction of sp³-hybridized carbons (Fsp3) is 0.643. The van der Waals surface area contributed by atoms with Crippen molar-refractivity contribution >= 4 is 11.9 Å². The molecule has 0 heterocycles. The highest BCUT2D eigenvalue weighted by Crippen LogP contribution is 2.27. The monoisotopic (exact) mass is 280 g/mol. The van der Waals surface area contributed by atoms with Crippen LogP contribution in [0.4, 0.5) is 0 Å². The number of carbonyl (C=O) groups excluding carboxylic acids is 1. The molecule has 0 unspecified atom stereocenters. The van der Waals surface area contributed by atoms with E-state index < -0.39 is 17.8 Å². The summed E-state index contributed by atoms with van der Waals surface area (Å²) >= 11 is 0. The molecule has 0 aliphatic heterocycles. The molecule has 0 bridgehead atoms. The molecule has 0 aromatic rings. The molecular weight excluding hydrogens is 260 g/mol. The number of carboxylic acids is 1. The fourth-order valence-corrected chi connectivity index (χ4v) is 2.31. The summed E-state index contributed by atoms with van der Waals surface area (Å²) < 4.78 is 4.96. The molecule has 1 N–H and O–H groups in total. The van der Waals surface area contributed by atoms with Gasteiger partial charge in [-0.25, -0.2) is 0 Å². The van der Waals surface area contributed by atoms with Crippen LogP contribution in [0.15, 0.2) is 12.2 Å². The molecule has 0 spiro atoms. The molecule has 110 valence electrons. The van der Waals surface area contributed by atoms with Crippen LogP contribution in [0.5, 0.6) is 0 Å². The molecule has 0 fully saturated rings. The smallest absolute Gasteiger partial charge is 0.307 e. The molecule has 20 heavy (non-hydrogen) atoms. The second-order valence-electron chi connectivity index (χ2n) is 4.72. The zero-order chi connectivity index (χ0) is 15.0. The number of ether oxygens (including phenoxy) is 1. The van der Waals surface area contributed by atoms with Crippen LogP contribution < -0.4 is 0 Å². The van der Waals surface area contributed by atoms with Gasteiger partial charge in [0, 0.05) is 20.2 Å². The Morgan fingerprint density at radius 3 is 2.55 bits per heavy atom. The third-order valence-electron chi connectivity index (χ3n) is 3.44. The van der Waals surface area contributed by atoms with Crippen LogP contribution in [0.1, 0.15) is 19.3 Å². The normalized spacial score (nSPS) is 21.2. The summed E-state index contributed by atoms with van der Waals surface area (Å²) in [5, 5.41) is 17.9. The van der Waals surface area contributed by atoms with Gasteiger partial charge in [-0.05, 0) is 12.8 Å². The Morgan fingerprint density at radius 1 is 1.35 bits per heavy atom. The maximum Gasteiger partial charge on any atom is 0.307 e. The molecule has 6 heteroatoms. The Hall–Kier alpha value is -1.87. The number of amides is 1. The Morgan fingerprint density at radius 2 is 2.00 bits per heavy atom. The minimum absolute atomic E-state index is 0.200. The lowest BCUT2D eigenvalue weighted by Gasteiger charge is -2.30. The maximum atomic E-state index is 12.5. The second kappa shape index (κ2) is 8.33. The Bertz CT molecular complexity index is 414. The van der Waals surface area contributed by atoms with Gasteiger partial charge >= 0.3 is 5.97 Å². The quantitative estimate of drug-likeness (QED) is 0.704. The van der Waals surface area contributed by atoms with E-state index in [-0.39, 0.29) is 12.3 Å². The molecule has 0 saturated heterocycles. The number of carboxylic acid groups (broad SMARTS) is 1. The summed E-state index contributed by atoms with van der Waals surface area (Å²) in [6, 6.07) is 2.00. The minimum atomic E-state index is -0.945. The fourth-order valence-electron chi connectivity index (χ4n) is 2.31. The maximum absolute atomic E-state index is 12.5. The first-order chi connectivity index (χ1) is 9.61. The van der Waals surface area contributed by atoms with Gasteiger partial charge in [0.05, 0.1) is 30.9 Å². The van der Waals surface area contributed by atoms with Gasteiger partial charge in [-0.15, -0.1) is 0 Å². The largest absolute Gasteiger partial charge is 0.481 e. The highest BCUT2D eigenvalue weighted by Gasteiger charge is 2.36. The molecule has 0 radical (unpaired) electrons. The number of nitrogens with zero attached hydrogens (tertiary/aromatic N) is 2. The predicted molar refractivity (Wildman–Crippen MR) is 71.7 cm³/mol. The van der Waals surface area contributed by atoms with E-state index in [0.717, 1.165) is 0 Å². The number of allylic oxidation sites excluding steroid dienone is 2. The second-order valence-corrected chi connectivity index (χ2v) is 4.72. The van der Waals surface area contributed by atoms with E-state index >= 15 is 0 Å². The van der Waals surface area contributed by atoms with E-state index in [4.69, 9.17) is 10.00 Å². The number of hydrogen-bond donors (Lipinski definition) is 1. The summed E-state index contributed by atoms with van der Waals surface area (Å²) in [4.78, 5) is 25.3. The molecule has 2 atom stereocenters. The van der Waals surface area contributed by atoms with Crippen LogP contribution in [-0.2, 0) is 14.3 Å². The lowest BCUT2D eigenvalue weighted by atomic mass is 9.82. The number of nitriles is 1. The van der Waals surface area contributed by atoms with E-state index in [1.807, 2.05) is 12.1 Å². The number of hydrogen-bond acceptors (Lipinski definition) is 4. The zero-order valence-electron chi connectivity index (χ0n) is 11.6. The molecule has 1 aliphatic carbocycles. The van der Waals surface area contributed by atoms with Crippen molar-refractivity contribution in [3.05, 3.63) is 12.2 Å². The van der Waals surface area contributed by atoms with Crippen LogP contribution in [0.25, 0.3) is 0 Å². The van der Waals surface area contributed by atoms with E-state index in [0.29, 0.717) is 32.5 Å². The van der Waals surface area contributed by atoms with E-state index in [9.17, 15) is 14.7 Å². The van der Waals surface area contributed by atoms with Gasteiger partial charge < -0.3 is 14.7 Å². The number of aliphatic carboxylic acids is 1. The standard InChI is InChI=1S/C14H20N2O4/c1-20-10-9-16(8-4-7-15)13(17)11-5-2-3-6-12(11)14(18)19/h2-3,11-12H,4-6,8-10H2,1H3,(H,18,19)/t11-,12+/m1/s1. The van der Waals surface area contributed by atoms with Crippen molar-refractivity contribution in [2.45, 2.75) is 19.3 Å². The van der Waals surface area contributed by atoms with Crippen molar-refractivity contribution < 1.29 is 19.4 Å². The van der Waals surface area contributed by atoms with Gasteiger partial charge in [-0.1, -0.05) is 12.2 Å². The van der Waals surface area contributed by atoms with Crippen molar-refractivity contribution in [1.82, 2.24) is 4.90 Å². The predicted octanol–water partition coefficient (Wildman–Crippen LogP) is 1.04. The van der Waals surface area contributed by atoms with E-state index in [2.05, 4.69) is 0 Å². The van der Waals surface area contributed by atoms with Gasteiger partial charge in [-0.3, -0.25) is 9.59 Å². The average Bonchev–Trinajstić information content (AvgIpc) is 2.46. The lowest BCUT2D eigenvalue weighted by Crippen LogP contribution is -2.43. The van der Waals surface area contributed by atoms with Gasteiger partial charge in [0.15, 0.2) is 0 Å². The summed E-state index contributed by atoms with van der Waals surface area (Å²) in [6.45, 7) is 1.06. The van der Waals surface area contributed by atoms with Gasteiger partial charge in [0.2, 0.25) is 5.91 Å². The number of carbonyl (C=O) groups is 2. The van der Waals surface area contributed by atoms with Crippen LogP contribution >= 0.6 is 0 Å². The number of rotatable bonds is 7. The van der Waals surface area contributed by atoms with E-state index in [1.54, 1.807) is 6.08 Å². The van der Waals surface area contributed by atoms with Crippen molar-refractivity contribution in [2.75, 3.05) is 26.8 Å². The number of methoxy groups -OCH3 is 1. The summed E-state index contributed by atoms with van der Waals surface area (Å²) in [6.07, 6.45) is 4.70. The summed E-state index contributed by atoms with van der Waals surface area (Å²) in [5.41, 5.74) is 0. The molecule has 1 aliphatic rings. The molecule has 1 rings (SSSR count). The summed E-state index contributed by atoms with van der Waals surface area (Å²) in [7, 11) is 1.54. The van der Waals surface area contributed by atoms with Crippen molar-refractivity contribution in [3.8, 4) is 6.07 Å². The minimum Gasteiger partial charge on any atom is -0.481 e. The molecule has 0 aromatic heterocycles. The first-order valence-electron chi connectivity index (χ1n) is 6.64. The van der Waals surface area contributed by atoms with E-state index in [1.165, 1.54) is 12.0 Å². The van der Waals surface area contributed by atoms with Crippen molar-refractivity contribution in [2.24, 2.45) is 11.8 Å². The molecule has 1 amide bonds. The molecule has 0 saturated carbocycles. The van der Waals surface area contributed by atoms with Crippen molar-refractivity contribution in [1.29, 1.82) is 5.26 Å². The molecule has 6 nitrogen and oxygen atoms in total. The van der Waals surface area contributed by atoms with Crippen molar-refractivity contribution in [3.63, 3.8) is 0 Å². The first kappa shape index (κ1) is 16.2. The Kier molecular flexibility index (Phi) is 6.74. The molecular formula is C14H20N2O4. The van der Waals surface area contributed by atoms with Gasteiger partial charge in [-0.2, -0.15) is 5.26 Å².